The number of hydrogen-bond acceptors (Lipinski definition) is 3. The van der Waals surface area contributed by atoms with E-state index in [0.717, 1.165) is 19.1 Å². The fourth-order valence-electron chi connectivity index (χ4n) is 2.22. The second-order valence-corrected chi connectivity index (χ2v) is 3.41. The largest absolute Gasteiger partial charge is 0.368 e. The van der Waals surface area contributed by atoms with Gasteiger partial charge in [0, 0.05) is 12.3 Å². The van der Waals surface area contributed by atoms with Gasteiger partial charge in [-0.05, 0) is 18.8 Å². The predicted octanol–water partition coefficient (Wildman–Crippen LogP) is 0.319. The number of fused-ring (bicyclic) bond motifs is 1. The molecule has 1 saturated carbocycles. The molecular formula is C8H12O3. The van der Waals surface area contributed by atoms with E-state index in [-0.39, 0.29) is 12.0 Å². The molecule has 4 unspecified atom stereocenters. The van der Waals surface area contributed by atoms with Gasteiger partial charge in [-0.3, -0.25) is 0 Å². The number of aldehydes is 1. The molecule has 0 radical (unpaired) electrons. The molecule has 0 aromatic heterocycles. The summed E-state index contributed by atoms with van der Waals surface area (Å²) in [5.41, 5.74) is 0. The molecule has 0 amide bonds. The molecule has 4 atom stereocenters. The van der Waals surface area contributed by atoms with Crippen LogP contribution in [0.25, 0.3) is 0 Å². The van der Waals surface area contributed by atoms with E-state index < -0.39 is 6.29 Å². The number of aliphatic hydroxyl groups excluding tert-OH is 1. The minimum absolute atomic E-state index is 0.136. The van der Waals surface area contributed by atoms with Crippen molar-refractivity contribution in [2.75, 3.05) is 0 Å². The molecule has 62 valence electrons. The van der Waals surface area contributed by atoms with Crippen molar-refractivity contribution >= 4 is 6.29 Å². The zero-order valence-electron chi connectivity index (χ0n) is 6.27. The molecule has 1 aliphatic heterocycles. The smallest absolute Gasteiger partial charge is 0.155 e. The predicted molar refractivity (Wildman–Crippen MR) is 37.8 cm³/mol. The van der Waals surface area contributed by atoms with Crippen LogP contribution in [-0.4, -0.2) is 23.8 Å². The number of ether oxygens (including phenoxy) is 1. The Morgan fingerprint density at radius 2 is 2.27 bits per heavy atom. The van der Waals surface area contributed by atoms with Crippen LogP contribution in [0.4, 0.5) is 0 Å². The number of aliphatic hydroxyl groups is 1. The van der Waals surface area contributed by atoms with E-state index >= 15 is 0 Å². The number of carbonyl (C=O) groups is 1. The standard InChI is InChI=1S/C8H12O3/c9-4-5-1-2-7-6(5)3-8(10)11-7/h4-8,10H,1-3H2. The van der Waals surface area contributed by atoms with E-state index in [1.165, 1.54) is 0 Å². The molecular weight excluding hydrogens is 144 g/mol. The molecule has 1 N–H and O–H groups in total. The SMILES string of the molecule is O=CC1CCC2OC(O)CC12. The van der Waals surface area contributed by atoms with E-state index in [1.54, 1.807) is 0 Å². The summed E-state index contributed by atoms with van der Waals surface area (Å²) in [7, 11) is 0. The summed E-state index contributed by atoms with van der Waals surface area (Å²) in [6.07, 6.45) is 3.06. The van der Waals surface area contributed by atoms with Gasteiger partial charge in [0.15, 0.2) is 6.29 Å². The van der Waals surface area contributed by atoms with Crippen molar-refractivity contribution in [3.05, 3.63) is 0 Å². The maximum absolute atomic E-state index is 10.5. The first-order valence-corrected chi connectivity index (χ1v) is 4.10. The lowest BCUT2D eigenvalue weighted by atomic mass is 9.95. The molecule has 0 spiro atoms. The maximum atomic E-state index is 10.5. The monoisotopic (exact) mass is 156 g/mol. The first-order valence-electron chi connectivity index (χ1n) is 4.10. The van der Waals surface area contributed by atoms with E-state index in [9.17, 15) is 4.79 Å². The maximum Gasteiger partial charge on any atom is 0.155 e. The van der Waals surface area contributed by atoms with Crippen LogP contribution in [0.5, 0.6) is 0 Å². The topological polar surface area (TPSA) is 46.5 Å². The van der Waals surface area contributed by atoms with E-state index in [1.807, 2.05) is 0 Å². The van der Waals surface area contributed by atoms with E-state index in [4.69, 9.17) is 9.84 Å². The first kappa shape index (κ1) is 7.25. The summed E-state index contributed by atoms with van der Waals surface area (Å²) in [5.74, 6) is 0.430. The minimum Gasteiger partial charge on any atom is -0.368 e. The second kappa shape index (κ2) is 2.57. The van der Waals surface area contributed by atoms with E-state index in [2.05, 4.69) is 0 Å². The quantitative estimate of drug-likeness (QED) is 0.556. The van der Waals surface area contributed by atoms with Crippen molar-refractivity contribution in [3.8, 4) is 0 Å². The minimum atomic E-state index is -0.618. The van der Waals surface area contributed by atoms with Crippen LogP contribution < -0.4 is 0 Å². The van der Waals surface area contributed by atoms with Gasteiger partial charge in [-0.25, -0.2) is 0 Å². The van der Waals surface area contributed by atoms with Crippen LogP contribution in [0.2, 0.25) is 0 Å². The Morgan fingerprint density at radius 1 is 1.45 bits per heavy atom. The molecule has 0 bridgehead atoms. The highest BCUT2D eigenvalue weighted by Crippen LogP contribution is 2.41. The number of rotatable bonds is 1. The van der Waals surface area contributed by atoms with Gasteiger partial charge in [0.2, 0.25) is 0 Å². The van der Waals surface area contributed by atoms with Gasteiger partial charge in [-0.2, -0.15) is 0 Å². The lowest BCUT2D eigenvalue weighted by molar-refractivity contribution is -0.112. The van der Waals surface area contributed by atoms with Crippen molar-refractivity contribution in [1.29, 1.82) is 0 Å². The first-order chi connectivity index (χ1) is 5.31. The normalized spacial score (nSPS) is 49.2. The highest BCUT2D eigenvalue weighted by atomic mass is 16.6. The Hall–Kier alpha value is -0.410. The van der Waals surface area contributed by atoms with Crippen molar-refractivity contribution in [3.63, 3.8) is 0 Å². The zero-order chi connectivity index (χ0) is 7.84. The van der Waals surface area contributed by atoms with Gasteiger partial charge in [-0.15, -0.1) is 0 Å². The molecule has 11 heavy (non-hydrogen) atoms. The molecule has 1 heterocycles. The van der Waals surface area contributed by atoms with Crippen molar-refractivity contribution in [1.82, 2.24) is 0 Å². The van der Waals surface area contributed by atoms with Crippen molar-refractivity contribution < 1.29 is 14.6 Å². The lowest BCUT2D eigenvalue weighted by Gasteiger charge is -2.08. The molecule has 0 aromatic rings. The third kappa shape index (κ3) is 1.08. The van der Waals surface area contributed by atoms with Gasteiger partial charge < -0.3 is 14.6 Å². The van der Waals surface area contributed by atoms with Crippen LogP contribution in [0.1, 0.15) is 19.3 Å². The summed E-state index contributed by atoms with van der Waals surface area (Å²) < 4.78 is 5.21. The van der Waals surface area contributed by atoms with Crippen molar-refractivity contribution in [2.45, 2.75) is 31.7 Å². The zero-order valence-corrected chi connectivity index (χ0v) is 6.27. The van der Waals surface area contributed by atoms with Crippen molar-refractivity contribution in [2.24, 2.45) is 11.8 Å². The Balaban J connectivity index is 2.06. The highest BCUT2D eigenvalue weighted by molar-refractivity contribution is 5.55. The van der Waals surface area contributed by atoms with Crippen LogP contribution >= 0.6 is 0 Å². The van der Waals surface area contributed by atoms with Gasteiger partial charge >= 0.3 is 0 Å². The van der Waals surface area contributed by atoms with Gasteiger partial charge in [0.05, 0.1) is 6.10 Å². The summed E-state index contributed by atoms with van der Waals surface area (Å²) in [6, 6.07) is 0. The van der Waals surface area contributed by atoms with Crippen LogP contribution in [0.3, 0.4) is 0 Å². The van der Waals surface area contributed by atoms with Crippen LogP contribution in [-0.2, 0) is 9.53 Å². The highest BCUT2D eigenvalue weighted by Gasteiger charge is 2.43. The fourth-order valence-corrected chi connectivity index (χ4v) is 2.22. The summed E-state index contributed by atoms with van der Waals surface area (Å²) in [5, 5.41) is 9.11. The molecule has 2 fully saturated rings. The lowest BCUT2D eigenvalue weighted by Crippen LogP contribution is -2.14. The molecule has 3 heteroatoms. The molecule has 1 saturated heterocycles. The fraction of sp³-hybridized carbons (Fsp3) is 0.875. The van der Waals surface area contributed by atoms with E-state index in [0.29, 0.717) is 12.3 Å². The summed E-state index contributed by atoms with van der Waals surface area (Å²) in [6.45, 7) is 0. The number of hydrogen-bond donors (Lipinski definition) is 1. The summed E-state index contributed by atoms with van der Waals surface area (Å²) >= 11 is 0. The Labute approximate surface area is 65.4 Å². The van der Waals surface area contributed by atoms with Crippen LogP contribution in [0.15, 0.2) is 0 Å². The Bertz CT molecular complexity index is 169. The average Bonchev–Trinajstić information content (AvgIpc) is 2.45. The Kier molecular flexibility index (Phi) is 1.69. The molecule has 2 aliphatic rings. The van der Waals surface area contributed by atoms with Gasteiger partial charge in [0.1, 0.15) is 6.29 Å². The average molecular weight is 156 g/mol. The second-order valence-electron chi connectivity index (χ2n) is 3.41. The van der Waals surface area contributed by atoms with Gasteiger partial charge in [-0.1, -0.05) is 0 Å². The molecule has 1 aliphatic carbocycles. The Morgan fingerprint density at radius 3 is 3.00 bits per heavy atom. The third-order valence-corrected chi connectivity index (χ3v) is 2.79. The molecule has 0 aromatic carbocycles. The molecule has 2 rings (SSSR count). The summed E-state index contributed by atoms with van der Waals surface area (Å²) in [4.78, 5) is 10.5. The van der Waals surface area contributed by atoms with Gasteiger partial charge in [0.25, 0.3) is 0 Å². The molecule has 3 nitrogen and oxygen atoms in total. The van der Waals surface area contributed by atoms with Crippen LogP contribution in [0, 0.1) is 11.8 Å². The third-order valence-electron chi connectivity index (χ3n) is 2.79. The number of carbonyl (C=O) groups excluding carboxylic acids is 1.